The molecule has 98 valence electrons. The van der Waals surface area contributed by atoms with Gasteiger partial charge < -0.3 is 9.47 Å². The molecule has 0 amide bonds. The van der Waals surface area contributed by atoms with E-state index < -0.39 is 0 Å². The molecule has 2 rings (SSSR count). The lowest BCUT2D eigenvalue weighted by Gasteiger charge is -2.11. The van der Waals surface area contributed by atoms with Gasteiger partial charge in [0.2, 0.25) is 0 Å². The number of nitriles is 1. The van der Waals surface area contributed by atoms with Crippen LogP contribution in [0.5, 0.6) is 5.75 Å². The summed E-state index contributed by atoms with van der Waals surface area (Å²) in [6.45, 7) is 2.72. The van der Waals surface area contributed by atoms with E-state index in [0.29, 0.717) is 18.1 Å². The molecule has 0 unspecified atom stereocenters. The van der Waals surface area contributed by atoms with Crippen molar-refractivity contribution in [3.8, 4) is 17.5 Å². The Bertz CT molecular complexity index is 601. The van der Waals surface area contributed by atoms with Crippen LogP contribution in [0.1, 0.15) is 18.3 Å². The number of methoxy groups -OCH3 is 1. The SMILES string of the molecule is CCOc1ccccc1-n1nnc(C#N)c1COC. The maximum absolute atomic E-state index is 9.03. The Morgan fingerprint density at radius 2 is 2.16 bits per heavy atom. The second-order valence-corrected chi connectivity index (χ2v) is 3.74. The Labute approximate surface area is 111 Å². The van der Waals surface area contributed by atoms with E-state index in [-0.39, 0.29) is 12.3 Å². The number of hydrogen-bond acceptors (Lipinski definition) is 5. The highest BCUT2D eigenvalue weighted by atomic mass is 16.5. The summed E-state index contributed by atoms with van der Waals surface area (Å²) in [7, 11) is 1.56. The quantitative estimate of drug-likeness (QED) is 0.815. The summed E-state index contributed by atoms with van der Waals surface area (Å²) in [4.78, 5) is 0. The van der Waals surface area contributed by atoms with Gasteiger partial charge in [-0.3, -0.25) is 0 Å². The van der Waals surface area contributed by atoms with Crippen molar-refractivity contribution in [2.45, 2.75) is 13.5 Å². The molecule has 0 saturated carbocycles. The fourth-order valence-corrected chi connectivity index (χ4v) is 1.76. The van der Waals surface area contributed by atoms with Crippen LogP contribution >= 0.6 is 0 Å². The van der Waals surface area contributed by atoms with Crippen LogP contribution in [0.3, 0.4) is 0 Å². The lowest BCUT2D eigenvalue weighted by molar-refractivity contribution is 0.179. The first kappa shape index (κ1) is 13.1. The summed E-state index contributed by atoms with van der Waals surface area (Å²) >= 11 is 0. The first-order valence-corrected chi connectivity index (χ1v) is 5.87. The molecule has 0 N–H and O–H groups in total. The van der Waals surface area contributed by atoms with Crippen LogP contribution in [0.2, 0.25) is 0 Å². The van der Waals surface area contributed by atoms with Crippen molar-refractivity contribution in [2.75, 3.05) is 13.7 Å². The standard InChI is InChI=1S/C13H14N4O2/c1-3-19-13-7-5-4-6-11(13)17-12(9-18-2)10(8-14)15-16-17/h4-7H,3,9H2,1-2H3. The summed E-state index contributed by atoms with van der Waals surface area (Å²) in [6.07, 6.45) is 0. The second kappa shape index (κ2) is 5.98. The van der Waals surface area contributed by atoms with Crippen molar-refractivity contribution in [2.24, 2.45) is 0 Å². The maximum atomic E-state index is 9.03. The zero-order valence-electron chi connectivity index (χ0n) is 10.8. The molecule has 2 aromatic rings. The molecule has 1 aromatic carbocycles. The van der Waals surface area contributed by atoms with Gasteiger partial charge in [0, 0.05) is 7.11 Å². The Balaban J connectivity index is 2.53. The zero-order chi connectivity index (χ0) is 13.7. The van der Waals surface area contributed by atoms with Crippen LogP contribution in [0.25, 0.3) is 5.69 Å². The van der Waals surface area contributed by atoms with Gasteiger partial charge in [-0.15, -0.1) is 5.10 Å². The predicted octanol–water partition coefficient (Wildman–Crippen LogP) is 1.68. The van der Waals surface area contributed by atoms with Gasteiger partial charge in [0.1, 0.15) is 23.2 Å². The fourth-order valence-electron chi connectivity index (χ4n) is 1.76. The Hall–Kier alpha value is -2.39. The van der Waals surface area contributed by atoms with E-state index in [9.17, 15) is 0 Å². The van der Waals surface area contributed by atoms with E-state index >= 15 is 0 Å². The third kappa shape index (κ3) is 2.56. The highest BCUT2D eigenvalue weighted by molar-refractivity contribution is 5.47. The van der Waals surface area contributed by atoms with Gasteiger partial charge >= 0.3 is 0 Å². The molecule has 6 nitrogen and oxygen atoms in total. The molecule has 0 aliphatic carbocycles. The molecule has 0 aliphatic heterocycles. The van der Waals surface area contributed by atoms with Crippen LogP contribution in [0.15, 0.2) is 24.3 Å². The smallest absolute Gasteiger partial charge is 0.188 e. The zero-order valence-corrected chi connectivity index (χ0v) is 10.8. The largest absolute Gasteiger partial charge is 0.492 e. The van der Waals surface area contributed by atoms with E-state index in [2.05, 4.69) is 10.3 Å². The lowest BCUT2D eigenvalue weighted by Crippen LogP contribution is -2.07. The Morgan fingerprint density at radius 1 is 1.37 bits per heavy atom. The molecule has 0 fully saturated rings. The number of hydrogen-bond donors (Lipinski definition) is 0. The number of aromatic nitrogens is 3. The first-order chi connectivity index (χ1) is 9.31. The molecule has 0 atom stereocenters. The van der Waals surface area contributed by atoms with E-state index in [1.165, 1.54) is 0 Å². The van der Waals surface area contributed by atoms with E-state index in [1.807, 2.05) is 37.3 Å². The minimum absolute atomic E-state index is 0.258. The molecular weight excluding hydrogens is 244 g/mol. The van der Waals surface area contributed by atoms with Crippen molar-refractivity contribution in [3.63, 3.8) is 0 Å². The molecule has 0 saturated heterocycles. The summed E-state index contributed by atoms with van der Waals surface area (Å²) < 4.78 is 12.2. The van der Waals surface area contributed by atoms with Gasteiger partial charge in [-0.05, 0) is 19.1 Å². The number of benzene rings is 1. The summed E-state index contributed by atoms with van der Waals surface area (Å²) in [5.74, 6) is 0.691. The van der Waals surface area contributed by atoms with E-state index in [0.717, 1.165) is 5.69 Å². The molecule has 0 spiro atoms. The van der Waals surface area contributed by atoms with Crippen molar-refractivity contribution >= 4 is 0 Å². The van der Waals surface area contributed by atoms with Gasteiger partial charge in [0.25, 0.3) is 0 Å². The summed E-state index contributed by atoms with van der Waals surface area (Å²) in [6, 6.07) is 9.48. The monoisotopic (exact) mass is 258 g/mol. The normalized spacial score (nSPS) is 10.2. The predicted molar refractivity (Wildman–Crippen MR) is 68.0 cm³/mol. The van der Waals surface area contributed by atoms with Crippen LogP contribution in [-0.4, -0.2) is 28.7 Å². The fraction of sp³-hybridized carbons (Fsp3) is 0.308. The third-order valence-electron chi connectivity index (χ3n) is 2.54. The van der Waals surface area contributed by atoms with Gasteiger partial charge in [-0.1, -0.05) is 17.3 Å². The van der Waals surface area contributed by atoms with Crippen molar-refractivity contribution in [1.29, 1.82) is 5.26 Å². The molecular formula is C13H14N4O2. The highest BCUT2D eigenvalue weighted by Crippen LogP contribution is 2.24. The molecule has 0 bridgehead atoms. The van der Waals surface area contributed by atoms with Crippen LogP contribution in [0, 0.1) is 11.3 Å². The average molecular weight is 258 g/mol. The van der Waals surface area contributed by atoms with Gasteiger partial charge in [0.15, 0.2) is 5.69 Å². The minimum atomic E-state index is 0.258. The van der Waals surface area contributed by atoms with E-state index in [4.69, 9.17) is 14.7 Å². The van der Waals surface area contributed by atoms with Crippen LogP contribution in [0.4, 0.5) is 0 Å². The average Bonchev–Trinajstić information content (AvgIpc) is 2.83. The number of nitrogens with zero attached hydrogens (tertiary/aromatic N) is 4. The molecule has 0 radical (unpaired) electrons. The summed E-state index contributed by atoms with van der Waals surface area (Å²) in [5.41, 5.74) is 1.61. The molecule has 0 aliphatic rings. The van der Waals surface area contributed by atoms with Crippen LogP contribution < -0.4 is 4.74 Å². The molecule has 1 aromatic heterocycles. The van der Waals surface area contributed by atoms with Gasteiger partial charge in [0.05, 0.1) is 13.2 Å². The van der Waals surface area contributed by atoms with Crippen molar-refractivity contribution in [3.05, 3.63) is 35.7 Å². The second-order valence-electron chi connectivity index (χ2n) is 3.74. The number of rotatable bonds is 5. The van der Waals surface area contributed by atoms with E-state index in [1.54, 1.807) is 11.8 Å². The number of ether oxygens (including phenoxy) is 2. The minimum Gasteiger partial charge on any atom is -0.492 e. The third-order valence-corrected chi connectivity index (χ3v) is 2.54. The molecule has 1 heterocycles. The first-order valence-electron chi connectivity index (χ1n) is 5.87. The number of para-hydroxylation sites is 2. The van der Waals surface area contributed by atoms with Gasteiger partial charge in [-0.25, -0.2) is 4.68 Å². The van der Waals surface area contributed by atoms with Gasteiger partial charge in [-0.2, -0.15) is 5.26 Å². The summed E-state index contributed by atoms with van der Waals surface area (Å²) in [5, 5.41) is 16.9. The van der Waals surface area contributed by atoms with Crippen LogP contribution in [-0.2, 0) is 11.3 Å². The molecule has 6 heteroatoms. The Morgan fingerprint density at radius 3 is 2.84 bits per heavy atom. The Kier molecular flexibility index (Phi) is 4.11. The lowest BCUT2D eigenvalue weighted by atomic mass is 10.2. The highest BCUT2D eigenvalue weighted by Gasteiger charge is 2.16. The van der Waals surface area contributed by atoms with Crippen molar-refractivity contribution < 1.29 is 9.47 Å². The maximum Gasteiger partial charge on any atom is 0.188 e. The molecule has 19 heavy (non-hydrogen) atoms. The topological polar surface area (TPSA) is 73.0 Å². The van der Waals surface area contributed by atoms with Crippen molar-refractivity contribution in [1.82, 2.24) is 15.0 Å².